The molecule has 0 saturated carbocycles. The van der Waals surface area contributed by atoms with Crippen LogP contribution in [0.5, 0.6) is 0 Å². The van der Waals surface area contributed by atoms with E-state index in [-0.39, 0.29) is 17.8 Å². The van der Waals surface area contributed by atoms with Crippen LogP contribution in [0.3, 0.4) is 0 Å². The van der Waals surface area contributed by atoms with Crippen LogP contribution in [0.4, 0.5) is 5.82 Å². The molecule has 0 bridgehead atoms. The van der Waals surface area contributed by atoms with Gasteiger partial charge in [-0.25, -0.2) is 9.97 Å². The Bertz CT molecular complexity index is 839. The number of hydrogen-bond acceptors (Lipinski definition) is 6. The predicted molar refractivity (Wildman–Crippen MR) is 103 cm³/mol. The maximum atomic E-state index is 13.2. The molecule has 7 heteroatoms. The Morgan fingerprint density at radius 1 is 1.27 bits per heavy atom. The molecule has 0 spiro atoms. The van der Waals surface area contributed by atoms with Crippen LogP contribution in [0.25, 0.3) is 0 Å². The van der Waals surface area contributed by atoms with Crippen LogP contribution in [0, 0.1) is 6.92 Å². The van der Waals surface area contributed by atoms with E-state index < -0.39 is 0 Å². The molecule has 1 aromatic heterocycles. The molecule has 0 radical (unpaired) electrons. The number of thioether (sulfide) groups is 1. The molecular formula is C19H22N4O2S. The lowest BCUT2D eigenvalue weighted by molar-refractivity contribution is -0.129. The van der Waals surface area contributed by atoms with Crippen molar-refractivity contribution >= 4 is 23.5 Å². The van der Waals surface area contributed by atoms with Crippen LogP contribution >= 0.6 is 11.8 Å². The van der Waals surface area contributed by atoms with Gasteiger partial charge < -0.3 is 15.7 Å². The monoisotopic (exact) mass is 370 g/mol. The molecule has 1 atom stereocenters. The highest BCUT2D eigenvalue weighted by Crippen LogP contribution is 2.44. The van der Waals surface area contributed by atoms with Crippen molar-refractivity contribution in [1.29, 1.82) is 0 Å². The third-order valence-electron chi connectivity index (χ3n) is 4.35. The van der Waals surface area contributed by atoms with Crippen LogP contribution in [0.1, 0.15) is 35.5 Å². The lowest BCUT2D eigenvalue weighted by Crippen LogP contribution is -2.36. The number of carbonyl (C=O) groups excluding carboxylic acids is 1. The zero-order valence-electron chi connectivity index (χ0n) is 14.8. The van der Waals surface area contributed by atoms with E-state index in [0.717, 1.165) is 16.2 Å². The first kappa shape index (κ1) is 18.4. The molecule has 26 heavy (non-hydrogen) atoms. The minimum Gasteiger partial charge on any atom is -0.396 e. The number of aliphatic hydroxyl groups excluding tert-OH is 1. The highest BCUT2D eigenvalue weighted by atomic mass is 32.2. The molecule has 2 aromatic rings. The maximum Gasteiger partial charge on any atom is 0.245 e. The number of nitrogens with two attached hydrogens (primary N) is 1. The van der Waals surface area contributed by atoms with Gasteiger partial charge in [-0.1, -0.05) is 30.3 Å². The molecule has 3 N–H and O–H groups in total. The van der Waals surface area contributed by atoms with Crippen LogP contribution in [-0.2, 0) is 11.3 Å². The van der Waals surface area contributed by atoms with Crippen molar-refractivity contribution in [2.45, 2.75) is 32.1 Å². The first-order valence-electron chi connectivity index (χ1n) is 8.43. The predicted octanol–water partition coefficient (Wildman–Crippen LogP) is 2.80. The average molecular weight is 370 g/mol. The summed E-state index contributed by atoms with van der Waals surface area (Å²) in [5.74, 6) is 0.985. The van der Waals surface area contributed by atoms with Crippen LogP contribution in [0.15, 0.2) is 47.1 Å². The number of rotatable bonds is 5. The number of benzene rings is 1. The molecule has 0 fully saturated rings. The number of aryl methyl sites for hydroxylation is 1. The van der Waals surface area contributed by atoms with Crippen molar-refractivity contribution in [3.63, 3.8) is 0 Å². The summed E-state index contributed by atoms with van der Waals surface area (Å²) in [6.07, 6.45) is 2.19. The fourth-order valence-corrected chi connectivity index (χ4v) is 4.21. The van der Waals surface area contributed by atoms with E-state index in [1.54, 1.807) is 18.0 Å². The molecular weight excluding hydrogens is 348 g/mol. The van der Waals surface area contributed by atoms with Crippen molar-refractivity contribution in [1.82, 2.24) is 14.9 Å². The van der Waals surface area contributed by atoms with Crippen LogP contribution in [-0.4, -0.2) is 32.5 Å². The highest BCUT2D eigenvalue weighted by Gasteiger charge is 2.34. The van der Waals surface area contributed by atoms with Gasteiger partial charge in [-0.2, -0.15) is 0 Å². The molecule has 0 aliphatic carbocycles. The Kier molecular flexibility index (Phi) is 5.58. The van der Waals surface area contributed by atoms with Gasteiger partial charge in [-0.05, 0) is 19.4 Å². The number of amides is 1. The van der Waals surface area contributed by atoms with Gasteiger partial charge in [0.25, 0.3) is 0 Å². The first-order valence-corrected chi connectivity index (χ1v) is 9.30. The quantitative estimate of drug-likeness (QED) is 0.841. The summed E-state index contributed by atoms with van der Waals surface area (Å²) >= 11 is 1.51. The van der Waals surface area contributed by atoms with Crippen LogP contribution < -0.4 is 5.73 Å². The average Bonchev–Trinajstić information content (AvgIpc) is 2.63. The van der Waals surface area contributed by atoms with E-state index in [1.807, 2.05) is 37.3 Å². The summed E-state index contributed by atoms with van der Waals surface area (Å²) in [5.41, 5.74) is 8.53. The second-order valence-corrected chi connectivity index (χ2v) is 7.34. The van der Waals surface area contributed by atoms with Crippen molar-refractivity contribution in [3.05, 3.63) is 64.1 Å². The molecule has 6 nitrogen and oxygen atoms in total. The Hall–Kier alpha value is -2.38. The second kappa shape index (κ2) is 7.88. The van der Waals surface area contributed by atoms with Crippen molar-refractivity contribution in [3.8, 4) is 0 Å². The van der Waals surface area contributed by atoms with Crippen LogP contribution in [0.2, 0.25) is 0 Å². The third-order valence-corrected chi connectivity index (χ3v) is 5.84. The number of carbonyl (C=O) groups is 1. The minimum absolute atomic E-state index is 0.000338. The number of aromatic nitrogens is 2. The zero-order valence-corrected chi connectivity index (χ0v) is 15.7. The van der Waals surface area contributed by atoms with E-state index in [0.29, 0.717) is 30.2 Å². The van der Waals surface area contributed by atoms with Gasteiger partial charge in [0.15, 0.2) is 0 Å². The summed E-state index contributed by atoms with van der Waals surface area (Å²) in [7, 11) is 0. The lowest BCUT2D eigenvalue weighted by Gasteiger charge is -2.35. The molecule has 2 heterocycles. The van der Waals surface area contributed by atoms with Gasteiger partial charge in [0.05, 0.1) is 6.54 Å². The number of nitrogens with zero attached hydrogens (tertiary/aromatic N) is 3. The lowest BCUT2D eigenvalue weighted by atomic mass is 10.1. The number of aliphatic hydroxyl groups is 1. The zero-order chi connectivity index (χ0) is 18.7. The first-order chi connectivity index (χ1) is 12.5. The van der Waals surface area contributed by atoms with E-state index in [9.17, 15) is 9.90 Å². The van der Waals surface area contributed by atoms with E-state index in [1.165, 1.54) is 11.8 Å². The summed E-state index contributed by atoms with van der Waals surface area (Å²) in [6.45, 7) is 4.04. The minimum atomic E-state index is -0.339. The largest absolute Gasteiger partial charge is 0.396 e. The molecule has 0 saturated heterocycles. The topological polar surface area (TPSA) is 92.3 Å². The Labute approximate surface area is 157 Å². The van der Waals surface area contributed by atoms with E-state index in [4.69, 9.17) is 5.73 Å². The molecule has 3 rings (SSSR count). The Morgan fingerprint density at radius 3 is 2.65 bits per heavy atom. The summed E-state index contributed by atoms with van der Waals surface area (Å²) in [5, 5.41) is 9.08. The number of nitrogen functional groups attached to an aromatic ring is 1. The van der Waals surface area contributed by atoms with Crippen molar-refractivity contribution < 1.29 is 9.90 Å². The SMILES string of the molecule is CC1=C(CCO)SC(c2ccccc2)C(=O)N1Cc1cnc(C)nc1N. The molecule has 136 valence electrons. The molecule has 1 amide bonds. The second-order valence-electron chi connectivity index (χ2n) is 6.14. The maximum absolute atomic E-state index is 13.2. The summed E-state index contributed by atoms with van der Waals surface area (Å²) in [6, 6.07) is 9.69. The molecule has 1 aliphatic heterocycles. The van der Waals surface area contributed by atoms with Gasteiger partial charge in [0.2, 0.25) is 5.91 Å². The fraction of sp³-hybridized carbons (Fsp3) is 0.316. The number of allylic oxidation sites excluding steroid dienone is 1. The molecule has 1 unspecified atom stereocenters. The molecule has 1 aliphatic rings. The van der Waals surface area contributed by atoms with Gasteiger partial charge in [-0.3, -0.25) is 4.79 Å². The summed E-state index contributed by atoms with van der Waals surface area (Å²) < 4.78 is 0. The van der Waals surface area contributed by atoms with E-state index >= 15 is 0 Å². The molecule has 1 aromatic carbocycles. The normalized spacial score (nSPS) is 17.7. The fourth-order valence-electron chi connectivity index (χ4n) is 2.92. The highest BCUT2D eigenvalue weighted by molar-refractivity contribution is 8.04. The van der Waals surface area contributed by atoms with Gasteiger partial charge >= 0.3 is 0 Å². The standard InChI is InChI=1S/C19H22N4O2S/c1-12-16(8-9-24)26-17(14-6-4-3-5-7-14)19(25)23(12)11-15-10-21-13(2)22-18(15)20/h3-7,10,17,24H,8-9,11H2,1-2H3,(H2,20,21,22). The Balaban J connectivity index is 1.97. The number of hydrogen-bond donors (Lipinski definition) is 2. The van der Waals surface area contributed by atoms with Gasteiger partial charge in [0.1, 0.15) is 16.9 Å². The Morgan fingerprint density at radius 2 is 2.00 bits per heavy atom. The van der Waals surface area contributed by atoms with Crippen molar-refractivity contribution in [2.75, 3.05) is 12.3 Å². The smallest absolute Gasteiger partial charge is 0.245 e. The summed E-state index contributed by atoms with van der Waals surface area (Å²) in [4.78, 5) is 24.3. The van der Waals surface area contributed by atoms with Gasteiger partial charge in [0, 0.05) is 35.4 Å². The van der Waals surface area contributed by atoms with Gasteiger partial charge in [-0.15, -0.1) is 11.8 Å². The number of anilines is 1. The van der Waals surface area contributed by atoms with Crippen molar-refractivity contribution in [2.24, 2.45) is 0 Å². The third kappa shape index (κ3) is 3.73. The van der Waals surface area contributed by atoms with E-state index in [2.05, 4.69) is 9.97 Å².